The molecule has 2 aliphatic rings. The molecule has 0 aliphatic carbocycles. The van der Waals surface area contributed by atoms with Crippen LogP contribution in [0, 0.1) is 0 Å². The van der Waals surface area contributed by atoms with E-state index in [0.29, 0.717) is 23.6 Å². The van der Waals surface area contributed by atoms with Crippen molar-refractivity contribution < 1.29 is 9.59 Å². The van der Waals surface area contributed by atoms with Crippen molar-refractivity contribution in [3.05, 3.63) is 41.1 Å². The Bertz CT molecular complexity index is 914. The van der Waals surface area contributed by atoms with Crippen molar-refractivity contribution in [2.24, 2.45) is 0 Å². The van der Waals surface area contributed by atoms with Gasteiger partial charge in [0.2, 0.25) is 0 Å². The molecule has 2 aromatic rings. The molecule has 8 heteroatoms. The molecule has 1 fully saturated rings. The molecule has 1 aromatic heterocycles. The third-order valence-corrected chi connectivity index (χ3v) is 5.11. The predicted octanol–water partition coefficient (Wildman–Crippen LogP) is 3.23. The minimum absolute atomic E-state index is 0.00464. The van der Waals surface area contributed by atoms with Gasteiger partial charge in [0.1, 0.15) is 0 Å². The molecule has 3 heterocycles. The highest BCUT2D eigenvalue weighted by Crippen LogP contribution is 2.44. The standard InChI is InChI=1S/C20H26N6O2/c1-20(2,3)21-11-12-10-16(25-24-12)23-19(28)22-14-7-4-6-13-17(14)15-8-5-9-26(15)18(13)27/h4,6-7,10,15,21H,5,8-9,11H2,1-3H3,(H3,22,23,24,25,28). The lowest BCUT2D eigenvalue weighted by Crippen LogP contribution is -2.35. The molecule has 28 heavy (non-hydrogen) atoms. The average molecular weight is 382 g/mol. The number of hydrogen-bond acceptors (Lipinski definition) is 4. The Kier molecular flexibility index (Phi) is 4.58. The molecular formula is C20H26N6O2. The molecule has 0 bridgehead atoms. The van der Waals surface area contributed by atoms with Gasteiger partial charge in [-0.25, -0.2) is 4.79 Å². The van der Waals surface area contributed by atoms with Crippen LogP contribution >= 0.6 is 0 Å². The molecule has 8 nitrogen and oxygen atoms in total. The Morgan fingerprint density at radius 3 is 2.93 bits per heavy atom. The Hall–Kier alpha value is -2.87. The normalized spacial score (nSPS) is 18.2. The molecule has 2 aliphatic heterocycles. The largest absolute Gasteiger partial charge is 0.331 e. The molecule has 0 spiro atoms. The van der Waals surface area contributed by atoms with Gasteiger partial charge >= 0.3 is 6.03 Å². The Morgan fingerprint density at radius 1 is 1.32 bits per heavy atom. The summed E-state index contributed by atoms with van der Waals surface area (Å²) in [6.07, 6.45) is 1.93. The van der Waals surface area contributed by atoms with Gasteiger partial charge in [0.25, 0.3) is 5.91 Å². The van der Waals surface area contributed by atoms with Crippen LogP contribution in [0.15, 0.2) is 24.3 Å². The zero-order valence-electron chi connectivity index (χ0n) is 16.4. The molecule has 4 N–H and O–H groups in total. The number of anilines is 2. The van der Waals surface area contributed by atoms with E-state index < -0.39 is 0 Å². The maximum absolute atomic E-state index is 12.5. The van der Waals surface area contributed by atoms with E-state index in [1.54, 1.807) is 12.1 Å². The van der Waals surface area contributed by atoms with E-state index in [2.05, 4.69) is 46.9 Å². The van der Waals surface area contributed by atoms with Gasteiger partial charge in [0.15, 0.2) is 5.82 Å². The summed E-state index contributed by atoms with van der Waals surface area (Å²) < 4.78 is 0. The van der Waals surface area contributed by atoms with Gasteiger partial charge in [-0.2, -0.15) is 5.10 Å². The molecule has 0 radical (unpaired) electrons. The van der Waals surface area contributed by atoms with Crippen molar-refractivity contribution >= 4 is 23.4 Å². The quantitative estimate of drug-likeness (QED) is 0.652. The van der Waals surface area contributed by atoms with Crippen LogP contribution in [0.2, 0.25) is 0 Å². The monoisotopic (exact) mass is 382 g/mol. The minimum Gasteiger partial charge on any atom is -0.331 e. The third-order valence-electron chi connectivity index (χ3n) is 5.11. The summed E-state index contributed by atoms with van der Waals surface area (Å²) in [5.41, 5.74) is 3.19. The van der Waals surface area contributed by atoms with Crippen LogP contribution in [0.3, 0.4) is 0 Å². The van der Waals surface area contributed by atoms with Gasteiger partial charge < -0.3 is 15.5 Å². The SMILES string of the molecule is CC(C)(C)NCc1cc(NC(=O)Nc2cccc3c2C2CCCN2C3=O)n[nH]1. The Balaban J connectivity index is 1.43. The van der Waals surface area contributed by atoms with Crippen molar-refractivity contribution in [2.45, 2.75) is 51.7 Å². The number of carbonyl (C=O) groups is 2. The summed E-state index contributed by atoms with van der Waals surface area (Å²) in [5.74, 6) is 0.513. The van der Waals surface area contributed by atoms with Crippen molar-refractivity contribution in [3.63, 3.8) is 0 Å². The van der Waals surface area contributed by atoms with E-state index in [4.69, 9.17) is 0 Å². The van der Waals surface area contributed by atoms with Gasteiger partial charge in [-0.05, 0) is 45.7 Å². The average Bonchev–Trinajstić information content (AvgIpc) is 3.32. The molecule has 1 atom stereocenters. The molecule has 3 amide bonds. The molecule has 1 unspecified atom stereocenters. The number of nitrogens with zero attached hydrogens (tertiary/aromatic N) is 2. The highest BCUT2D eigenvalue weighted by atomic mass is 16.2. The summed E-state index contributed by atoms with van der Waals surface area (Å²) in [6.45, 7) is 7.67. The van der Waals surface area contributed by atoms with E-state index in [1.807, 2.05) is 17.0 Å². The second kappa shape index (κ2) is 6.94. The summed E-state index contributed by atoms with van der Waals surface area (Å²) in [7, 11) is 0. The van der Waals surface area contributed by atoms with Crippen LogP contribution in [-0.2, 0) is 6.54 Å². The van der Waals surface area contributed by atoms with Crippen LogP contribution in [-0.4, -0.2) is 39.1 Å². The number of carbonyl (C=O) groups excluding carboxylic acids is 2. The maximum Gasteiger partial charge on any atom is 0.324 e. The fourth-order valence-electron chi connectivity index (χ4n) is 3.83. The predicted molar refractivity (Wildman–Crippen MR) is 107 cm³/mol. The van der Waals surface area contributed by atoms with Crippen LogP contribution in [0.4, 0.5) is 16.3 Å². The highest BCUT2D eigenvalue weighted by molar-refractivity contribution is 6.05. The van der Waals surface area contributed by atoms with Gasteiger partial charge in [-0.3, -0.25) is 15.2 Å². The lowest BCUT2D eigenvalue weighted by molar-refractivity contribution is 0.0776. The number of aromatic nitrogens is 2. The number of H-pyrrole nitrogens is 1. The van der Waals surface area contributed by atoms with Crippen molar-refractivity contribution in [3.8, 4) is 0 Å². The second-order valence-electron chi connectivity index (χ2n) is 8.38. The number of aromatic amines is 1. The second-order valence-corrected chi connectivity index (χ2v) is 8.38. The minimum atomic E-state index is -0.376. The number of benzene rings is 1. The van der Waals surface area contributed by atoms with Crippen LogP contribution < -0.4 is 16.0 Å². The molecule has 148 valence electrons. The zero-order valence-corrected chi connectivity index (χ0v) is 16.4. The van der Waals surface area contributed by atoms with Gasteiger partial charge in [0.05, 0.1) is 11.7 Å². The summed E-state index contributed by atoms with van der Waals surface area (Å²) in [4.78, 5) is 26.9. The topological polar surface area (TPSA) is 102 Å². The van der Waals surface area contributed by atoms with Crippen molar-refractivity contribution in [1.82, 2.24) is 20.4 Å². The fraction of sp³-hybridized carbons (Fsp3) is 0.450. The van der Waals surface area contributed by atoms with Crippen LogP contribution in [0.1, 0.15) is 61.3 Å². The van der Waals surface area contributed by atoms with Crippen molar-refractivity contribution in [2.75, 3.05) is 17.2 Å². The van der Waals surface area contributed by atoms with Gasteiger partial charge in [-0.15, -0.1) is 0 Å². The van der Waals surface area contributed by atoms with E-state index in [1.165, 1.54) is 0 Å². The van der Waals surface area contributed by atoms with E-state index in [0.717, 1.165) is 30.6 Å². The van der Waals surface area contributed by atoms with Crippen molar-refractivity contribution in [1.29, 1.82) is 0 Å². The first-order chi connectivity index (χ1) is 13.3. The van der Waals surface area contributed by atoms with E-state index in [9.17, 15) is 9.59 Å². The number of rotatable bonds is 4. The van der Waals surface area contributed by atoms with Crippen LogP contribution in [0.5, 0.6) is 0 Å². The molecular weight excluding hydrogens is 356 g/mol. The van der Waals surface area contributed by atoms with Crippen LogP contribution in [0.25, 0.3) is 0 Å². The highest BCUT2D eigenvalue weighted by Gasteiger charge is 2.41. The number of urea groups is 1. The maximum atomic E-state index is 12.5. The first-order valence-corrected chi connectivity index (χ1v) is 9.63. The number of amides is 3. The molecule has 1 aromatic carbocycles. The fourth-order valence-corrected chi connectivity index (χ4v) is 3.83. The van der Waals surface area contributed by atoms with E-state index >= 15 is 0 Å². The first kappa shape index (κ1) is 18.5. The molecule has 1 saturated heterocycles. The smallest absolute Gasteiger partial charge is 0.324 e. The molecule has 0 saturated carbocycles. The lowest BCUT2D eigenvalue weighted by atomic mass is 10.0. The zero-order chi connectivity index (χ0) is 19.9. The van der Waals surface area contributed by atoms with Gasteiger partial charge in [-0.1, -0.05) is 6.07 Å². The summed E-state index contributed by atoms with van der Waals surface area (Å²) in [6, 6.07) is 6.98. The first-order valence-electron chi connectivity index (χ1n) is 9.63. The Labute approximate surface area is 164 Å². The number of hydrogen-bond donors (Lipinski definition) is 4. The summed E-state index contributed by atoms with van der Waals surface area (Å²) in [5, 5.41) is 16.1. The third kappa shape index (κ3) is 3.60. The number of nitrogens with one attached hydrogen (secondary N) is 4. The van der Waals surface area contributed by atoms with Gasteiger partial charge in [0, 0.05) is 41.5 Å². The molecule has 4 rings (SSSR count). The lowest BCUT2D eigenvalue weighted by Gasteiger charge is -2.19. The number of fused-ring (bicyclic) bond motifs is 3. The Morgan fingerprint density at radius 2 is 2.14 bits per heavy atom. The summed E-state index contributed by atoms with van der Waals surface area (Å²) >= 11 is 0. The van der Waals surface area contributed by atoms with E-state index in [-0.39, 0.29) is 23.5 Å².